The molecule has 0 bridgehead atoms. The van der Waals surface area contributed by atoms with E-state index >= 15 is 0 Å². The summed E-state index contributed by atoms with van der Waals surface area (Å²) in [7, 11) is 0. The van der Waals surface area contributed by atoms with Crippen molar-refractivity contribution in [2.45, 2.75) is 23.4 Å². The molecule has 0 radical (unpaired) electrons. The first kappa shape index (κ1) is 38.0. The van der Waals surface area contributed by atoms with Gasteiger partial charge in [0.15, 0.2) is 22.3 Å². The van der Waals surface area contributed by atoms with Gasteiger partial charge in [-0.3, -0.25) is 19.3 Å². The Balaban J connectivity index is 1.16. The number of aromatic nitrogens is 1. The topological polar surface area (TPSA) is 217 Å². The average Bonchev–Trinajstić information content (AvgIpc) is 3.87. The number of aliphatic carboxylic acids is 1. The fourth-order valence-corrected chi connectivity index (χ4v) is 9.28. The fraction of sp³-hybridized carbons (Fsp3) is 0.143. The van der Waals surface area contributed by atoms with Crippen molar-refractivity contribution >= 4 is 63.2 Å². The molecule has 4 heterocycles. The summed E-state index contributed by atoms with van der Waals surface area (Å²) in [6.07, 6.45) is 0.262. The maximum atomic E-state index is 14.3. The molecule has 14 nitrogen and oxygen atoms in total. The molecule has 0 unspecified atom stereocenters. The van der Waals surface area contributed by atoms with Crippen LogP contribution in [0.15, 0.2) is 137 Å². The van der Waals surface area contributed by atoms with Gasteiger partial charge in [0.2, 0.25) is 11.5 Å². The number of nitrogens with zero attached hydrogens (tertiary/aromatic N) is 3. The van der Waals surface area contributed by atoms with E-state index in [0.29, 0.717) is 23.2 Å². The number of aromatic hydroxyl groups is 2. The molecule has 2 saturated heterocycles. The lowest BCUT2D eigenvalue weighted by atomic mass is 9.80. The molecule has 1 aromatic heterocycles. The van der Waals surface area contributed by atoms with Crippen molar-refractivity contribution in [3.8, 4) is 11.5 Å². The minimum Gasteiger partial charge on any atom is -0.504 e. The molecule has 16 heteroatoms. The number of nitrogens with one attached hydrogen (secondary N) is 2. The van der Waals surface area contributed by atoms with E-state index in [-0.39, 0.29) is 56.7 Å². The number of carboxylic acids is 1. The molecule has 0 saturated carbocycles. The number of hydrogen-bond donors (Lipinski definition) is 6. The number of allylic oxidation sites excluding steroid dienone is 1. The summed E-state index contributed by atoms with van der Waals surface area (Å²) < 4.78 is 0. The van der Waals surface area contributed by atoms with Gasteiger partial charge in [-0.2, -0.15) is 0 Å². The van der Waals surface area contributed by atoms with Crippen molar-refractivity contribution in [3.63, 3.8) is 0 Å². The number of benzene rings is 4. The number of hydrogen-bond acceptors (Lipinski definition) is 12. The molecule has 8 rings (SSSR count). The predicted octanol–water partition coefficient (Wildman–Crippen LogP) is 4.56. The largest absolute Gasteiger partial charge is 0.504 e. The van der Waals surface area contributed by atoms with Crippen LogP contribution in [0.5, 0.6) is 11.5 Å². The number of amides is 3. The Labute approximate surface area is 339 Å². The number of fused-ring (bicyclic) bond motifs is 1. The van der Waals surface area contributed by atoms with E-state index in [4.69, 9.17) is 10.6 Å². The highest BCUT2D eigenvalue weighted by Gasteiger charge is 2.55. The first-order chi connectivity index (χ1) is 28.1. The lowest BCUT2D eigenvalue weighted by Gasteiger charge is -2.49. The van der Waals surface area contributed by atoms with Crippen LogP contribution in [0.3, 0.4) is 0 Å². The summed E-state index contributed by atoms with van der Waals surface area (Å²) in [5, 5.41) is 41.7. The third-order valence-electron chi connectivity index (χ3n) is 10.1. The van der Waals surface area contributed by atoms with Crippen molar-refractivity contribution in [1.82, 2.24) is 20.5 Å². The van der Waals surface area contributed by atoms with Crippen LogP contribution in [0.4, 0.5) is 5.13 Å². The monoisotopic (exact) mass is 814 g/mol. The molecule has 0 spiro atoms. The zero-order chi connectivity index (χ0) is 40.6. The minimum atomic E-state index is -1.43. The maximum absolute atomic E-state index is 14.3. The van der Waals surface area contributed by atoms with Gasteiger partial charge in [0.05, 0.1) is 0 Å². The number of carbonyl (C=O) groups excluding carboxylic acids is 3. The van der Waals surface area contributed by atoms with E-state index in [9.17, 15) is 34.5 Å². The van der Waals surface area contributed by atoms with E-state index < -0.39 is 52.2 Å². The molecule has 3 aliphatic rings. The lowest BCUT2D eigenvalue weighted by molar-refractivity contribution is -0.150. The van der Waals surface area contributed by atoms with Crippen LogP contribution < -0.4 is 16.4 Å². The van der Waals surface area contributed by atoms with Gasteiger partial charge in [-0.25, -0.2) is 9.78 Å². The van der Waals surface area contributed by atoms with Crippen LogP contribution in [0.1, 0.15) is 34.4 Å². The van der Waals surface area contributed by atoms with Gasteiger partial charge in [0.25, 0.3) is 11.8 Å². The van der Waals surface area contributed by atoms with Gasteiger partial charge < -0.3 is 36.5 Å². The van der Waals surface area contributed by atoms with Gasteiger partial charge >= 0.3 is 5.97 Å². The summed E-state index contributed by atoms with van der Waals surface area (Å²) in [6, 6.07) is 31.0. The highest BCUT2D eigenvalue weighted by Crippen LogP contribution is 2.47. The van der Waals surface area contributed by atoms with Gasteiger partial charge in [-0.05, 0) is 29.7 Å². The van der Waals surface area contributed by atoms with Crippen LogP contribution in [0.2, 0.25) is 0 Å². The van der Waals surface area contributed by atoms with Crippen molar-refractivity contribution < 1.29 is 39.3 Å². The Hall–Kier alpha value is -6.91. The Morgan fingerprint density at radius 3 is 2.05 bits per heavy atom. The van der Waals surface area contributed by atoms with Crippen LogP contribution in [-0.2, 0) is 29.6 Å². The Bertz CT molecular complexity index is 2450. The number of phenolic OH excluding ortho intramolecular Hbond substituents is 2. The molecule has 3 aliphatic heterocycles. The molecule has 0 aliphatic carbocycles. The highest BCUT2D eigenvalue weighted by atomic mass is 32.2. The number of carbonyl (C=O) groups is 4. The smallest absolute Gasteiger partial charge is 0.352 e. The first-order valence-electron chi connectivity index (χ1n) is 18.0. The van der Waals surface area contributed by atoms with E-state index in [0.717, 1.165) is 16.2 Å². The van der Waals surface area contributed by atoms with Crippen molar-refractivity contribution in [3.05, 3.63) is 159 Å². The summed E-state index contributed by atoms with van der Waals surface area (Å²) in [6.45, 7) is 0.311. The van der Waals surface area contributed by atoms with E-state index in [1.54, 1.807) is 5.38 Å². The number of carboxylic acid groups (broad SMARTS) is 1. The second-order valence-electron chi connectivity index (χ2n) is 13.4. The SMILES string of the molecule is Nc1nc(C(=NOC(c2ccccc2)(c2ccccc2)c2ccccc2)C(=O)N[C@@H]2C(=O)N3C(C(=O)O)=C(C(=C4CCNC4=O)c4ccc(O)c(O)c4)CS[C@H]23)cs1. The molecule has 2 fully saturated rings. The number of β-lactam (4-membered cyclic amide) rings is 1. The zero-order valence-electron chi connectivity index (χ0n) is 30.4. The molecule has 7 N–H and O–H groups in total. The predicted molar refractivity (Wildman–Crippen MR) is 217 cm³/mol. The van der Waals surface area contributed by atoms with Crippen LogP contribution in [0, 0.1) is 0 Å². The zero-order valence-corrected chi connectivity index (χ0v) is 32.0. The maximum Gasteiger partial charge on any atom is 0.352 e. The average molecular weight is 815 g/mol. The number of thiazole rings is 1. The van der Waals surface area contributed by atoms with Crippen LogP contribution in [-0.4, -0.2) is 78.3 Å². The number of nitrogen functional groups attached to an aromatic ring is 1. The summed E-state index contributed by atoms with van der Waals surface area (Å²) in [5.41, 5.74) is 7.24. The number of thioether (sulfide) groups is 1. The fourth-order valence-electron chi connectivity index (χ4n) is 7.38. The Morgan fingerprint density at radius 2 is 1.53 bits per heavy atom. The summed E-state index contributed by atoms with van der Waals surface area (Å²) in [4.78, 5) is 66.3. The number of oxime groups is 1. The number of nitrogens with two attached hydrogens (primary N) is 1. The van der Waals surface area contributed by atoms with E-state index in [2.05, 4.69) is 20.8 Å². The van der Waals surface area contributed by atoms with Crippen molar-refractivity contribution in [1.29, 1.82) is 0 Å². The summed E-state index contributed by atoms with van der Waals surface area (Å²) >= 11 is 2.28. The molecule has 5 aromatic rings. The highest BCUT2D eigenvalue weighted by molar-refractivity contribution is 8.00. The van der Waals surface area contributed by atoms with Crippen molar-refractivity contribution in [2.75, 3.05) is 18.0 Å². The molecule has 292 valence electrons. The lowest BCUT2D eigenvalue weighted by Crippen LogP contribution is -2.71. The normalized spacial score (nSPS) is 18.9. The quantitative estimate of drug-likeness (QED) is 0.0271. The first-order valence-corrected chi connectivity index (χ1v) is 19.9. The summed E-state index contributed by atoms with van der Waals surface area (Å²) in [5.74, 6) is -4.21. The van der Waals surface area contributed by atoms with Gasteiger partial charge in [-0.1, -0.05) is 102 Å². The van der Waals surface area contributed by atoms with E-state index in [1.165, 1.54) is 30.0 Å². The Kier molecular flexibility index (Phi) is 10.2. The molecule has 3 amide bonds. The van der Waals surface area contributed by atoms with E-state index in [1.807, 2.05) is 91.0 Å². The van der Waals surface area contributed by atoms with Gasteiger partial charge in [-0.15, -0.1) is 23.1 Å². The second-order valence-corrected chi connectivity index (χ2v) is 15.4. The second kappa shape index (κ2) is 15.6. The minimum absolute atomic E-state index is 0.0244. The molecule has 58 heavy (non-hydrogen) atoms. The molecule has 2 atom stereocenters. The molecular weight excluding hydrogens is 781 g/mol. The number of rotatable bonds is 11. The van der Waals surface area contributed by atoms with Crippen molar-refractivity contribution in [2.24, 2.45) is 5.16 Å². The number of phenols is 2. The Morgan fingerprint density at radius 1 is 0.914 bits per heavy atom. The number of anilines is 1. The standard InChI is InChI=1S/C42H34N6O8S2/c43-41-45-29(22-58-41)33(47-56-42(24-10-4-1-5-11-24,25-12-6-2-7-13-25)26-14-8-3-9-15-26)37(52)46-34-38(53)48-35(40(54)55)28(21-57-39(34)48)32(27-18-19-44-36(27)51)23-16-17-30(49)31(50)20-23/h1-17,20,22,34,39,49-50H,18-19,21H2,(H2,43,45)(H,44,51)(H,46,52)(H,54,55)/t34-,39-/m1/s1. The van der Waals surface area contributed by atoms with Crippen LogP contribution >= 0.6 is 23.1 Å². The molecular formula is C42H34N6O8S2. The van der Waals surface area contributed by atoms with Crippen LogP contribution in [0.25, 0.3) is 5.57 Å². The van der Waals surface area contributed by atoms with Gasteiger partial charge in [0, 0.05) is 45.5 Å². The van der Waals surface area contributed by atoms with Gasteiger partial charge in [0.1, 0.15) is 22.8 Å². The molecule has 4 aromatic carbocycles. The third kappa shape index (κ3) is 6.71. The third-order valence-corrected chi connectivity index (χ3v) is 12.0.